The van der Waals surface area contributed by atoms with Crippen LogP contribution in [0.1, 0.15) is 42.3 Å². The lowest BCUT2D eigenvalue weighted by atomic mass is 10.00. The van der Waals surface area contributed by atoms with Crippen LogP contribution >= 0.6 is 0 Å². The quantitative estimate of drug-likeness (QED) is 0.883. The van der Waals surface area contributed by atoms with Crippen LogP contribution in [0, 0.1) is 6.92 Å². The molecule has 1 aromatic carbocycles. The molecule has 1 heterocycles. The number of rotatable bonds is 5. The maximum Gasteiger partial charge on any atom is 0.294 e. The van der Waals surface area contributed by atoms with Gasteiger partial charge in [-0.15, -0.1) is 0 Å². The molecule has 102 valence electrons. The number of aryl methyl sites for hydroxylation is 3. The van der Waals surface area contributed by atoms with Crippen LogP contribution in [0.3, 0.4) is 0 Å². The molecule has 3 heteroatoms. The molecule has 2 aromatic rings. The van der Waals surface area contributed by atoms with Crippen molar-refractivity contribution in [2.45, 2.75) is 39.5 Å². The summed E-state index contributed by atoms with van der Waals surface area (Å²) in [6.07, 6.45) is 1.91. The second-order valence-electron chi connectivity index (χ2n) is 5.17. The Balaban J connectivity index is 1.99. The van der Waals surface area contributed by atoms with Gasteiger partial charge in [-0.1, -0.05) is 38.1 Å². The number of nitrogens with zero attached hydrogens (tertiary/aromatic N) is 1. The molecule has 0 saturated carbocycles. The standard InChI is InChI=1S/C16H22N2O/c1-11(2)14-8-5-13(6-9-14)7-10-15-12(3)19-16(17-4)18-15/h5-6,8-9,11H,7,10H2,1-4H3,(H,17,18). The van der Waals surface area contributed by atoms with Crippen LogP contribution in [0.4, 0.5) is 6.01 Å². The van der Waals surface area contributed by atoms with E-state index >= 15 is 0 Å². The van der Waals surface area contributed by atoms with Crippen LogP contribution in [0.15, 0.2) is 28.7 Å². The average Bonchev–Trinajstić information content (AvgIpc) is 2.77. The lowest BCUT2D eigenvalue weighted by Gasteiger charge is -2.06. The van der Waals surface area contributed by atoms with Crippen molar-refractivity contribution in [3.63, 3.8) is 0 Å². The molecular weight excluding hydrogens is 236 g/mol. The minimum atomic E-state index is 0.588. The SMILES string of the molecule is CNc1nc(CCc2ccc(C(C)C)cc2)c(C)o1. The highest BCUT2D eigenvalue weighted by atomic mass is 16.4. The average molecular weight is 258 g/mol. The third-order valence-electron chi connectivity index (χ3n) is 3.40. The number of anilines is 1. The zero-order valence-electron chi connectivity index (χ0n) is 12.2. The van der Waals surface area contributed by atoms with E-state index in [4.69, 9.17) is 4.42 Å². The van der Waals surface area contributed by atoms with Gasteiger partial charge in [0.05, 0.1) is 5.69 Å². The lowest BCUT2D eigenvalue weighted by Crippen LogP contribution is -1.95. The van der Waals surface area contributed by atoms with Crippen LogP contribution < -0.4 is 5.32 Å². The van der Waals surface area contributed by atoms with E-state index in [0.717, 1.165) is 24.3 Å². The van der Waals surface area contributed by atoms with E-state index < -0.39 is 0 Å². The minimum absolute atomic E-state index is 0.588. The normalized spacial score (nSPS) is 11.0. The van der Waals surface area contributed by atoms with Gasteiger partial charge in [-0.2, -0.15) is 4.98 Å². The van der Waals surface area contributed by atoms with Crippen molar-refractivity contribution in [1.29, 1.82) is 0 Å². The molecule has 0 aliphatic heterocycles. The van der Waals surface area contributed by atoms with E-state index in [9.17, 15) is 0 Å². The third-order valence-corrected chi connectivity index (χ3v) is 3.40. The Bertz CT molecular complexity index is 526. The van der Waals surface area contributed by atoms with E-state index in [1.54, 1.807) is 0 Å². The fourth-order valence-electron chi connectivity index (χ4n) is 2.10. The van der Waals surface area contributed by atoms with Gasteiger partial charge >= 0.3 is 0 Å². The summed E-state index contributed by atoms with van der Waals surface area (Å²) in [6, 6.07) is 9.46. The van der Waals surface area contributed by atoms with Crippen LogP contribution in [-0.4, -0.2) is 12.0 Å². The maximum atomic E-state index is 5.48. The fourth-order valence-corrected chi connectivity index (χ4v) is 2.10. The predicted octanol–water partition coefficient (Wildman–Crippen LogP) is 3.93. The van der Waals surface area contributed by atoms with Crippen molar-refractivity contribution in [2.24, 2.45) is 0 Å². The molecule has 0 unspecified atom stereocenters. The van der Waals surface area contributed by atoms with Crippen molar-refractivity contribution in [3.05, 3.63) is 46.8 Å². The molecule has 0 amide bonds. The van der Waals surface area contributed by atoms with E-state index in [-0.39, 0.29) is 0 Å². The topological polar surface area (TPSA) is 38.1 Å². The summed E-state index contributed by atoms with van der Waals surface area (Å²) in [5, 5.41) is 2.93. The molecule has 0 bridgehead atoms. The Labute approximate surface area is 115 Å². The number of hydrogen-bond donors (Lipinski definition) is 1. The zero-order valence-corrected chi connectivity index (χ0v) is 12.2. The van der Waals surface area contributed by atoms with Gasteiger partial charge in [0.2, 0.25) is 0 Å². The fraction of sp³-hybridized carbons (Fsp3) is 0.438. The number of aromatic nitrogens is 1. The molecule has 0 aliphatic rings. The van der Waals surface area contributed by atoms with E-state index in [1.807, 2.05) is 14.0 Å². The molecule has 0 fully saturated rings. The number of benzene rings is 1. The first-order chi connectivity index (χ1) is 9.10. The monoisotopic (exact) mass is 258 g/mol. The lowest BCUT2D eigenvalue weighted by molar-refractivity contribution is 0.540. The summed E-state index contributed by atoms with van der Waals surface area (Å²) >= 11 is 0. The second kappa shape index (κ2) is 5.91. The molecule has 2 rings (SSSR count). The molecule has 1 aromatic heterocycles. The maximum absolute atomic E-state index is 5.48. The number of hydrogen-bond acceptors (Lipinski definition) is 3. The highest BCUT2D eigenvalue weighted by molar-refractivity contribution is 5.27. The summed E-state index contributed by atoms with van der Waals surface area (Å²) in [6.45, 7) is 6.39. The van der Waals surface area contributed by atoms with Gasteiger partial charge in [-0.3, -0.25) is 0 Å². The first-order valence-corrected chi connectivity index (χ1v) is 6.83. The van der Waals surface area contributed by atoms with Crippen molar-refractivity contribution in [1.82, 2.24) is 4.98 Å². The van der Waals surface area contributed by atoms with Gasteiger partial charge in [0.1, 0.15) is 5.76 Å². The van der Waals surface area contributed by atoms with Gasteiger partial charge in [0, 0.05) is 7.05 Å². The first kappa shape index (κ1) is 13.7. The molecule has 19 heavy (non-hydrogen) atoms. The van der Waals surface area contributed by atoms with E-state index in [2.05, 4.69) is 48.4 Å². The van der Waals surface area contributed by atoms with E-state index in [1.165, 1.54) is 11.1 Å². The Morgan fingerprint density at radius 1 is 1.16 bits per heavy atom. The summed E-state index contributed by atoms with van der Waals surface area (Å²) in [5.74, 6) is 1.49. The molecule has 1 N–H and O–H groups in total. The molecule has 0 atom stereocenters. The van der Waals surface area contributed by atoms with E-state index in [0.29, 0.717) is 11.9 Å². The molecule has 0 aliphatic carbocycles. The molecule has 0 spiro atoms. The van der Waals surface area contributed by atoms with Crippen molar-refractivity contribution in [2.75, 3.05) is 12.4 Å². The molecule has 0 radical (unpaired) electrons. The minimum Gasteiger partial charge on any atom is -0.429 e. The first-order valence-electron chi connectivity index (χ1n) is 6.83. The Morgan fingerprint density at radius 3 is 2.37 bits per heavy atom. The van der Waals surface area contributed by atoms with Crippen molar-refractivity contribution in [3.8, 4) is 0 Å². The van der Waals surface area contributed by atoms with Gasteiger partial charge in [-0.05, 0) is 36.8 Å². The van der Waals surface area contributed by atoms with Crippen molar-refractivity contribution >= 4 is 6.01 Å². The summed E-state index contributed by atoms with van der Waals surface area (Å²) in [5.41, 5.74) is 3.77. The van der Waals surface area contributed by atoms with Gasteiger partial charge in [0.25, 0.3) is 6.01 Å². The second-order valence-corrected chi connectivity index (χ2v) is 5.17. The van der Waals surface area contributed by atoms with Crippen LogP contribution in [0.2, 0.25) is 0 Å². The number of nitrogens with one attached hydrogen (secondary N) is 1. The number of oxazole rings is 1. The molecule has 3 nitrogen and oxygen atoms in total. The predicted molar refractivity (Wildman–Crippen MR) is 78.7 cm³/mol. The van der Waals surface area contributed by atoms with Crippen LogP contribution in [0.5, 0.6) is 0 Å². The highest BCUT2D eigenvalue weighted by Crippen LogP contribution is 2.18. The van der Waals surface area contributed by atoms with Crippen LogP contribution in [-0.2, 0) is 12.8 Å². The Kier molecular flexibility index (Phi) is 4.25. The summed E-state index contributed by atoms with van der Waals surface area (Å²) < 4.78 is 5.48. The zero-order chi connectivity index (χ0) is 13.8. The van der Waals surface area contributed by atoms with Gasteiger partial charge in [0.15, 0.2) is 0 Å². The highest BCUT2D eigenvalue weighted by Gasteiger charge is 2.08. The largest absolute Gasteiger partial charge is 0.429 e. The Hall–Kier alpha value is -1.77. The summed E-state index contributed by atoms with van der Waals surface area (Å²) in [4.78, 5) is 4.41. The van der Waals surface area contributed by atoms with Crippen LogP contribution in [0.25, 0.3) is 0 Å². The molecule has 0 saturated heterocycles. The Morgan fingerprint density at radius 2 is 1.84 bits per heavy atom. The van der Waals surface area contributed by atoms with Gasteiger partial charge in [-0.25, -0.2) is 0 Å². The van der Waals surface area contributed by atoms with Crippen molar-refractivity contribution < 1.29 is 4.42 Å². The van der Waals surface area contributed by atoms with Gasteiger partial charge < -0.3 is 9.73 Å². The summed E-state index contributed by atoms with van der Waals surface area (Å²) in [7, 11) is 1.82. The third kappa shape index (κ3) is 3.37. The smallest absolute Gasteiger partial charge is 0.294 e. The molecular formula is C16H22N2O.